The van der Waals surface area contributed by atoms with Crippen molar-refractivity contribution in [3.63, 3.8) is 0 Å². The van der Waals surface area contributed by atoms with Crippen LogP contribution in [0.4, 0.5) is 4.79 Å². The van der Waals surface area contributed by atoms with Gasteiger partial charge in [0.2, 0.25) is 0 Å². The highest BCUT2D eigenvalue weighted by molar-refractivity contribution is 5.68. The molecule has 0 spiro atoms. The molecule has 1 fully saturated rings. The highest BCUT2D eigenvalue weighted by Gasteiger charge is 2.32. The van der Waals surface area contributed by atoms with Gasteiger partial charge in [-0.3, -0.25) is 0 Å². The van der Waals surface area contributed by atoms with E-state index in [1.807, 2.05) is 20.8 Å². The van der Waals surface area contributed by atoms with Crippen LogP contribution in [0.3, 0.4) is 0 Å². The molecule has 1 aliphatic rings. The zero-order valence-electron chi connectivity index (χ0n) is 13.2. The van der Waals surface area contributed by atoms with Crippen molar-refractivity contribution >= 4 is 6.09 Å². The summed E-state index contributed by atoms with van der Waals surface area (Å²) in [6.07, 6.45) is 2.86. The second kappa shape index (κ2) is 6.60. The summed E-state index contributed by atoms with van der Waals surface area (Å²) in [6.45, 7) is 12.4. The Morgan fingerprint density at radius 3 is 2.26 bits per heavy atom. The number of alkyl carbamates (subject to hydrolysis) is 1. The summed E-state index contributed by atoms with van der Waals surface area (Å²) >= 11 is 0. The van der Waals surface area contributed by atoms with Gasteiger partial charge >= 0.3 is 6.09 Å². The van der Waals surface area contributed by atoms with Crippen molar-refractivity contribution in [1.29, 1.82) is 0 Å². The Morgan fingerprint density at radius 1 is 1.26 bits per heavy atom. The van der Waals surface area contributed by atoms with Gasteiger partial charge in [-0.05, 0) is 46.0 Å². The predicted octanol–water partition coefficient (Wildman–Crippen LogP) is 3.07. The van der Waals surface area contributed by atoms with Gasteiger partial charge in [-0.2, -0.15) is 0 Å². The van der Waals surface area contributed by atoms with Crippen LogP contribution in [0.1, 0.15) is 60.8 Å². The van der Waals surface area contributed by atoms with Gasteiger partial charge in [0.1, 0.15) is 5.60 Å². The third kappa shape index (κ3) is 5.81. The molecular weight excluding hydrogens is 240 g/mol. The first kappa shape index (κ1) is 16.3. The van der Waals surface area contributed by atoms with E-state index in [1.165, 1.54) is 0 Å². The van der Waals surface area contributed by atoms with E-state index in [1.54, 1.807) is 0 Å². The summed E-state index contributed by atoms with van der Waals surface area (Å²) in [5.74, 6) is 0.655. The van der Waals surface area contributed by atoms with E-state index in [9.17, 15) is 4.79 Å². The summed E-state index contributed by atoms with van der Waals surface area (Å²) in [6, 6.07) is 1.37. The molecule has 112 valence electrons. The van der Waals surface area contributed by atoms with Crippen LogP contribution in [0.2, 0.25) is 0 Å². The van der Waals surface area contributed by atoms with Crippen molar-refractivity contribution in [1.82, 2.24) is 10.6 Å². The zero-order chi connectivity index (χ0) is 14.6. The summed E-state index contributed by atoms with van der Waals surface area (Å²) in [4.78, 5) is 11.6. The average molecular weight is 270 g/mol. The van der Waals surface area contributed by atoms with E-state index in [0.29, 0.717) is 18.0 Å². The summed E-state index contributed by atoms with van der Waals surface area (Å²) in [5, 5.41) is 6.58. The molecule has 0 aromatic heterocycles. The fraction of sp³-hybridized carbons (Fsp3) is 0.933. The molecule has 1 amide bonds. The van der Waals surface area contributed by atoms with Crippen LogP contribution in [0, 0.1) is 5.92 Å². The largest absolute Gasteiger partial charge is 0.444 e. The van der Waals surface area contributed by atoms with Gasteiger partial charge in [0.05, 0.1) is 0 Å². The monoisotopic (exact) mass is 270 g/mol. The molecule has 0 aliphatic heterocycles. The van der Waals surface area contributed by atoms with E-state index in [2.05, 4.69) is 31.4 Å². The van der Waals surface area contributed by atoms with Gasteiger partial charge in [0, 0.05) is 18.1 Å². The molecule has 1 aliphatic carbocycles. The lowest BCUT2D eigenvalue weighted by Crippen LogP contribution is -2.55. The van der Waals surface area contributed by atoms with Crippen LogP contribution in [-0.2, 0) is 4.74 Å². The Kier molecular flexibility index (Phi) is 5.65. The lowest BCUT2D eigenvalue weighted by Gasteiger charge is -2.39. The molecular formula is C15H30N2O2. The summed E-state index contributed by atoms with van der Waals surface area (Å²) < 4.78 is 5.25. The molecule has 2 N–H and O–H groups in total. The first-order valence-electron chi connectivity index (χ1n) is 7.46. The third-order valence-electron chi connectivity index (χ3n) is 3.55. The second-order valence-corrected chi connectivity index (χ2v) is 6.94. The molecule has 4 heteroatoms. The Hall–Kier alpha value is -0.770. The van der Waals surface area contributed by atoms with E-state index in [4.69, 9.17) is 4.74 Å². The van der Waals surface area contributed by atoms with Crippen molar-refractivity contribution in [2.75, 3.05) is 0 Å². The van der Waals surface area contributed by atoms with Gasteiger partial charge in [0.25, 0.3) is 0 Å². The maximum atomic E-state index is 11.6. The van der Waals surface area contributed by atoms with Gasteiger partial charge in [-0.1, -0.05) is 20.8 Å². The van der Waals surface area contributed by atoms with Crippen LogP contribution in [-0.4, -0.2) is 29.8 Å². The first-order chi connectivity index (χ1) is 8.71. The molecule has 0 radical (unpaired) electrons. The van der Waals surface area contributed by atoms with Gasteiger partial charge < -0.3 is 15.4 Å². The number of amides is 1. The predicted molar refractivity (Wildman–Crippen MR) is 78.2 cm³/mol. The molecule has 1 saturated carbocycles. The zero-order valence-corrected chi connectivity index (χ0v) is 13.2. The number of rotatable bonds is 5. The minimum Gasteiger partial charge on any atom is -0.444 e. The number of ether oxygens (including phenoxy) is 1. The minimum absolute atomic E-state index is 0.261. The molecule has 1 rings (SSSR count). The average Bonchev–Trinajstić information content (AvgIpc) is 2.17. The topological polar surface area (TPSA) is 50.4 Å². The van der Waals surface area contributed by atoms with Gasteiger partial charge in [0.15, 0.2) is 0 Å². The molecule has 0 heterocycles. The quantitative estimate of drug-likeness (QED) is 0.807. The third-order valence-corrected chi connectivity index (χ3v) is 3.55. The fourth-order valence-corrected chi connectivity index (χ4v) is 2.43. The number of carbonyl (C=O) groups is 1. The second-order valence-electron chi connectivity index (χ2n) is 6.94. The number of carbonyl (C=O) groups excluding carboxylic acids is 1. The minimum atomic E-state index is -0.420. The van der Waals surface area contributed by atoms with Gasteiger partial charge in [-0.15, -0.1) is 0 Å². The summed E-state index contributed by atoms with van der Waals surface area (Å²) in [5.41, 5.74) is -0.420. The van der Waals surface area contributed by atoms with Crippen LogP contribution in [0.5, 0.6) is 0 Å². The fourth-order valence-electron chi connectivity index (χ4n) is 2.43. The number of nitrogens with one attached hydrogen (secondary N) is 2. The van der Waals surface area contributed by atoms with Gasteiger partial charge in [-0.25, -0.2) is 4.79 Å². The Labute approximate surface area is 117 Å². The van der Waals surface area contributed by atoms with E-state index in [-0.39, 0.29) is 12.1 Å². The Balaban J connectivity index is 2.21. The molecule has 0 bridgehead atoms. The molecule has 1 atom stereocenters. The first-order valence-corrected chi connectivity index (χ1v) is 7.46. The smallest absolute Gasteiger partial charge is 0.407 e. The van der Waals surface area contributed by atoms with Crippen molar-refractivity contribution in [2.45, 2.75) is 84.5 Å². The highest BCUT2D eigenvalue weighted by Crippen LogP contribution is 2.22. The van der Waals surface area contributed by atoms with Crippen molar-refractivity contribution in [3.05, 3.63) is 0 Å². The molecule has 1 unspecified atom stereocenters. The number of hydrogen-bond donors (Lipinski definition) is 2. The maximum absolute atomic E-state index is 11.6. The lowest BCUT2D eigenvalue weighted by molar-refractivity contribution is 0.0461. The van der Waals surface area contributed by atoms with Crippen molar-refractivity contribution in [3.8, 4) is 0 Å². The highest BCUT2D eigenvalue weighted by atomic mass is 16.6. The van der Waals surface area contributed by atoms with Crippen LogP contribution in [0.25, 0.3) is 0 Å². The normalized spacial score (nSPS) is 24.8. The maximum Gasteiger partial charge on any atom is 0.407 e. The summed E-state index contributed by atoms with van der Waals surface area (Å²) in [7, 11) is 0. The van der Waals surface area contributed by atoms with Crippen LogP contribution >= 0.6 is 0 Å². The molecule has 4 nitrogen and oxygen atoms in total. The molecule has 0 aromatic carbocycles. The van der Waals surface area contributed by atoms with Crippen LogP contribution in [0.15, 0.2) is 0 Å². The Morgan fingerprint density at radius 2 is 1.84 bits per heavy atom. The Bertz CT molecular complexity index is 291. The van der Waals surface area contributed by atoms with Crippen molar-refractivity contribution < 1.29 is 9.53 Å². The lowest BCUT2D eigenvalue weighted by atomic mass is 9.85. The van der Waals surface area contributed by atoms with Crippen molar-refractivity contribution in [2.24, 2.45) is 5.92 Å². The van der Waals surface area contributed by atoms with Crippen LogP contribution < -0.4 is 10.6 Å². The van der Waals surface area contributed by atoms with E-state index < -0.39 is 5.60 Å². The molecule has 19 heavy (non-hydrogen) atoms. The van der Waals surface area contributed by atoms with E-state index >= 15 is 0 Å². The van der Waals surface area contributed by atoms with E-state index in [0.717, 1.165) is 19.3 Å². The number of hydrogen-bond acceptors (Lipinski definition) is 3. The standard InChI is InChI=1S/C15H30N2O2/c1-7-13(10(2)3)16-11-8-12(9-11)17-14(18)19-15(4,5)6/h10-13,16H,7-9H2,1-6H3,(H,17,18). The SMILES string of the molecule is CCC(NC1CC(NC(=O)OC(C)(C)C)C1)C(C)C. The molecule has 0 saturated heterocycles. The molecule has 0 aromatic rings.